The lowest BCUT2D eigenvalue weighted by Gasteiger charge is -2.25. The number of carbonyl (C=O) groups excluding carboxylic acids is 1. The van der Waals surface area contributed by atoms with Crippen molar-refractivity contribution >= 4 is 23.0 Å². The molecule has 1 saturated heterocycles. The van der Waals surface area contributed by atoms with Gasteiger partial charge in [0.15, 0.2) is 0 Å². The van der Waals surface area contributed by atoms with E-state index in [1.165, 1.54) is 31.2 Å². The fraction of sp³-hybridized carbons (Fsp3) is 0.333. The van der Waals surface area contributed by atoms with Crippen LogP contribution in [0.1, 0.15) is 47.3 Å². The van der Waals surface area contributed by atoms with Crippen LogP contribution in [-0.4, -0.2) is 30.5 Å². The predicted molar refractivity (Wildman–Crippen MR) is 133 cm³/mol. The molecule has 1 aliphatic heterocycles. The minimum atomic E-state index is -0.0555. The molecular formula is C27H32N4O. The van der Waals surface area contributed by atoms with E-state index in [9.17, 15) is 4.79 Å². The van der Waals surface area contributed by atoms with Crippen molar-refractivity contribution in [3.05, 3.63) is 83.7 Å². The van der Waals surface area contributed by atoms with Crippen LogP contribution in [-0.2, 0) is 6.42 Å². The summed E-state index contributed by atoms with van der Waals surface area (Å²) in [5, 5.41) is 6.49. The summed E-state index contributed by atoms with van der Waals surface area (Å²) in [6.07, 6.45) is 7.59. The van der Waals surface area contributed by atoms with E-state index >= 15 is 0 Å². The zero-order valence-corrected chi connectivity index (χ0v) is 18.8. The minimum Gasteiger partial charge on any atom is -0.385 e. The van der Waals surface area contributed by atoms with Gasteiger partial charge in [-0.05, 0) is 73.9 Å². The normalized spacial score (nSPS) is 14.0. The van der Waals surface area contributed by atoms with E-state index in [0.717, 1.165) is 54.4 Å². The van der Waals surface area contributed by atoms with Gasteiger partial charge in [0.2, 0.25) is 0 Å². The van der Waals surface area contributed by atoms with E-state index in [-0.39, 0.29) is 5.91 Å². The van der Waals surface area contributed by atoms with Crippen molar-refractivity contribution in [2.24, 2.45) is 0 Å². The third-order valence-electron chi connectivity index (χ3n) is 5.92. The van der Waals surface area contributed by atoms with Crippen molar-refractivity contribution in [1.29, 1.82) is 0 Å². The van der Waals surface area contributed by atoms with Crippen LogP contribution in [0.4, 0.5) is 17.1 Å². The molecule has 0 spiro atoms. The van der Waals surface area contributed by atoms with Gasteiger partial charge < -0.3 is 15.5 Å². The largest absolute Gasteiger partial charge is 0.385 e. The summed E-state index contributed by atoms with van der Waals surface area (Å²) in [7, 11) is 0. The van der Waals surface area contributed by atoms with Gasteiger partial charge in [-0.15, -0.1) is 0 Å². The fourth-order valence-corrected chi connectivity index (χ4v) is 4.16. The zero-order chi connectivity index (χ0) is 22.2. The maximum Gasteiger partial charge on any atom is 0.257 e. The minimum absolute atomic E-state index is 0.0555. The van der Waals surface area contributed by atoms with Crippen LogP contribution in [0.3, 0.4) is 0 Å². The molecule has 0 radical (unpaired) electrons. The zero-order valence-electron chi connectivity index (χ0n) is 18.8. The number of hydrogen-bond acceptors (Lipinski definition) is 4. The van der Waals surface area contributed by atoms with Crippen molar-refractivity contribution < 1.29 is 4.79 Å². The second kappa shape index (κ2) is 10.8. The Hall–Kier alpha value is -3.34. The summed E-state index contributed by atoms with van der Waals surface area (Å²) in [5.41, 5.74) is 5.88. The molecule has 0 bridgehead atoms. The summed E-state index contributed by atoms with van der Waals surface area (Å²) in [4.78, 5) is 19.9. The fourth-order valence-electron chi connectivity index (χ4n) is 4.16. The highest BCUT2D eigenvalue weighted by atomic mass is 16.1. The molecule has 32 heavy (non-hydrogen) atoms. The Morgan fingerprint density at radius 2 is 1.69 bits per heavy atom. The molecule has 1 amide bonds. The number of carbonyl (C=O) groups is 1. The van der Waals surface area contributed by atoms with Crippen LogP contribution in [0.15, 0.2) is 66.9 Å². The van der Waals surface area contributed by atoms with Crippen molar-refractivity contribution in [3.63, 3.8) is 0 Å². The Balaban J connectivity index is 1.38. The first-order valence-electron chi connectivity index (χ1n) is 11.6. The van der Waals surface area contributed by atoms with E-state index in [2.05, 4.69) is 33.5 Å². The first-order valence-corrected chi connectivity index (χ1v) is 11.6. The van der Waals surface area contributed by atoms with Crippen LogP contribution >= 0.6 is 0 Å². The lowest BCUT2D eigenvalue weighted by molar-refractivity contribution is 0.102. The van der Waals surface area contributed by atoms with E-state index in [4.69, 9.17) is 0 Å². The van der Waals surface area contributed by atoms with E-state index in [0.29, 0.717) is 0 Å². The maximum absolute atomic E-state index is 13.1. The van der Waals surface area contributed by atoms with Gasteiger partial charge in [-0.2, -0.15) is 0 Å². The Bertz CT molecular complexity index is 1010. The van der Waals surface area contributed by atoms with Crippen molar-refractivity contribution in [3.8, 4) is 0 Å². The van der Waals surface area contributed by atoms with Crippen LogP contribution in [0.2, 0.25) is 0 Å². The SMILES string of the molecule is Cc1ccc(C(=O)Nc2ccc(NCCc3ccccn3)cc2)c(N2CCCCCC2)c1. The third-order valence-corrected chi connectivity index (χ3v) is 5.92. The predicted octanol–water partition coefficient (Wildman–Crippen LogP) is 5.68. The average molecular weight is 429 g/mol. The quantitative estimate of drug-likeness (QED) is 0.508. The van der Waals surface area contributed by atoms with Gasteiger partial charge in [-0.25, -0.2) is 0 Å². The highest BCUT2D eigenvalue weighted by molar-refractivity contribution is 6.08. The molecule has 166 valence electrons. The molecule has 5 heteroatoms. The second-order valence-corrected chi connectivity index (χ2v) is 8.45. The molecule has 5 nitrogen and oxygen atoms in total. The van der Waals surface area contributed by atoms with Crippen LogP contribution in [0.5, 0.6) is 0 Å². The van der Waals surface area contributed by atoms with Gasteiger partial charge in [0.05, 0.1) is 5.56 Å². The Morgan fingerprint density at radius 1 is 0.938 bits per heavy atom. The van der Waals surface area contributed by atoms with Gasteiger partial charge in [0.1, 0.15) is 0 Å². The molecular weight excluding hydrogens is 396 g/mol. The number of rotatable bonds is 7. The van der Waals surface area contributed by atoms with Gasteiger partial charge >= 0.3 is 0 Å². The number of hydrogen-bond donors (Lipinski definition) is 2. The molecule has 2 heterocycles. The number of benzene rings is 2. The highest BCUT2D eigenvalue weighted by Gasteiger charge is 2.18. The van der Waals surface area contributed by atoms with E-state index < -0.39 is 0 Å². The Labute approximate surface area is 190 Å². The highest BCUT2D eigenvalue weighted by Crippen LogP contribution is 2.26. The molecule has 1 fully saturated rings. The molecule has 0 unspecified atom stereocenters. The molecule has 2 N–H and O–H groups in total. The van der Waals surface area contributed by atoms with Gasteiger partial charge in [-0.1, -0.05) is 25.0 Å². The van der Waals surface area contributed by atoms with Gasteiger partial charge in [0, 0.05) is 55.0 Å². The van der Waals surface area contributed by atoms with Crippen molar-refractivity contribution in [2.45, 2.75) is 39.0 Å². The smallest absolute Gasteiger partial charge is 0.257 e. The first-order chi connectivity index (χ1) is 15.7. The van der Waals surface area contributed by atoms with E-state index in [1.807, 2.05) is 60.8 Å². The number of anilines is 3. The summed E-state index contributed by atoms with van der Waals surface area (Å²) >= 11 is 0. The maximum atomic E-state index is 13.1. The summed E-state index contributed by atoms with van der Waals surface area (Å²) < 4.78 is 0. The third kappa shape index (κ3) is 5.88. The van der Waals surface area contributed by atoms with Crippen LogP contribution in [0.25, 0.3) is 0 Å². The summed E-state index contributed by atoms with van der Waals surface area (Å²) in [6, 6.07) is 20.0. The molecule has 0 atom stereocenters. The number of aromatic nitrogens is 1. The Morgan fingerprint density at radius 3 is 2.41 bits per heavy atom. The number of amides is 1. The second-order valence-electron chi connectivity index (χ2n) is 8.45. The lowest BCUT2D eigenvalue weighted by atomic mass is 10.1. The average Bonchev–Trinajstić information content (AvgIpc) is 3.10. The molecule has 0 aliphatic carbocycles. The lowest BCUT2D eigenvalue weighted by Crippen LogP contribution is -2.27. The van der Waals surface area contributed by atoms with Crippen LogP contribution in [0, 0.1) is 6.92 Å². The number of pyridine rings is 1. The molecule has 3 aromatic rings. The molecule has 1 aliphatic rings. The molecule has 4 rings (SSSR count). The first kappa shape index (κ1) is 21.9. The monoisotopic (exact) mass is 428 g/mol. The molecule has 0 saturated carbocycles. The number of nitrogens with zero attached hydrogens (tertiary/aromatic N) is 2. The van der Waals surface area contributed by atoms with E-state index in [1.54, 1.807) is 0 Å². The molecule has 2 aromatic carbocycles. The van der Waals surface area contributed by atoms with Crippen LogP contribution < -0.4 is 15.5 Å². The van der Waals surface area contributed by atoms with Gasteiger partial charge in [-0.3, -0.25) is 9.78 Å². The summed E-state index contributed by atoms with van der Waals surface area (Å²) in [6.45, 7) is 4.93. The number of nitrogens with one attached hydrogen (secondary N) is 2. The summed E-state index contributed by atoms with van der Waals surface area (Å²) in [5.74, 6) is -0.0555. The van der Waals surface area contributed by atoms with Gasteiger partial charge in [0.25, 0.3) is 5.91 Å². The van der Waals surface area contributed by atoms with Crippen molar-refractivity contribution in [2.75, 3.05) is 35.2 Å². The van der Waals surface area contributed by atoms with Crippen molar-refractivity contribution in [1.82, 2.24) is 4.98 Å². The number of aryl methyl sites for hydroxylation is 1. The topological polar surface area (TPSA) is 57.3 Å². The standard InChI is InChI=1S/C27H32N4O/c1-21-9-14-25(26(20-21)31-18-6-2-3-7-19-31)27(32)30-24-12-10-23(11-13-24)29-17-15-22-8-4-5-16-28-22/h4-5,8-14,16,20,29H,2-3,6-7,15,17-19H2,1H3,(H,30,32). The Kier molecular flexibility index (Phi) is 7.38. The molecule has 1 aromatic heterocycles.